The van der Waals surface area contributed by atoms with E-state index in [1.807, 2.05) is 30.0 Å². The molecule has 1 aliphatic rings. The largest absolute Gasteiger partial charge is 0.362 e. The molecule has 0 spiro atoms. The van der Waals surface area contributed by atoms with Crippen molar-refractivity contribution < 1.29 is 0 Å². The second-order valence-corrected chi connectivity index (χ2v) is 4.47. The fourth-order valence-electron chi connectivity index (χ4n) is 1.34. The molecule has 2 rings (SSSR count). The van der Waals surface area contributed by atoms with E-state index in [1.165, 1.54) is 5.56 Å². The van der Waals surface area contributed by atoms with Gasteiger partial charge in [-0.25, -0.2) is 0 Å². The third-order valence-corrected chi connectivity index (χ3v) is 3.28. The molecule has 14 heavy (non-hydrogen) atoms. The third kappa shape index (κ3) is 2.51. The van der Waals surface area contributed by atoms with E-state index in [0.29, 0.717) is 6.04 Å². The van der Waals surface area contributed by atoms with Gasteiger partial charge in [-0.2, -0.15) is 0 Å². The smallest absolute Gasteiger partial charge is 0.157 e. The molecule has 0 amide bonds. The molecule has 1 fully saturated rings. The van der Waals surface area contributed by atoms with E-state index < -0.39 is 0 Å². The predicted octanol–water partition coefficient (Wildman–Crippen LogP) is 2.27. The van der Waals surface area contributed by atoms with E-state index in [-0.39, 0.29) is 0 Å². The van der Waals surface area contributed by atoms with Gasteiger partial charge in [-0.05, 0) is 12.5 Å². The molecule has 1 unspecified atom stereocenters. The van der Waals surface area contributed by atoms with Crippen LogP contribution in [0.3, 0.4) is 0 Å². The average Bonchev–Trinajstić information content (AvgIpc) is 2.63. The molecule has 1 N–H and O–H groups in total. The average molecular weight is 206 g/mol. The van der Waals surface area contributed by atoms with E-state index in [4.69, 9.17) is 0 Å². The summed E-state index contributed by atoms with van der Waals surface area (Å²) in [5, 5.41) is 4.42. The Labute approximate surface area is 88.8 Å². The lowest BCUT2D eigenvalue weighted by Gasteiger charge is -2.01. The Morgan fingerprint density at radius 1 is 1.43 bits per heavy atom. The highest BCUT2D eigenvalue weighted by molar-refractivity contribution is 8.14. The summed E-state index contributed by atoms with van der Waals surface area (Å²) in [6.45, 7) is 2.96. The zero-order valence-electron chi connectivity index (χ0n) is 8.23. The quantitative estimate of drug-likeness (QED) is 0.802. The molecule has 0 aromatic heterocycles. The third-order valence-electron chi connectivity index (χ3n) is 2.09. The maximum Gasteiger partial charge on any atom is 0.157 e. The Bertz CT molecular complexity index is 321. The molecule has 2 nitrogen and oxygen atoms in total. The first-order valence-corrected chi connectivity index (χ1v) is 5.81. The predicted molar refractivity (Wildman–Crippen MR) is 62.6 cm³/mol. The van der Waals surface area contributed by atoms with Crippen molar-refractivity contribution in [2.75, 3.05) is 5.75 Å². The van der Waals surface area contributed by atoms with Crippen LogP contribution in [0, 0.1) is 0 Å². The van der Waals surface area contributed by atoms with Gasteiger partial charge in [0.05, 0.1) is 6.54 Å². The van der Waals surface area contributed by atoms with Crippen molar-refractivity contribution in [1.29, 1.82) is 0 Å². The van der Waals surface area contributed by atoms with Crippen LogP contribution in [0.4, 0.5) is 0 Å². The molecule has 1 aliphatic heterocycles. The number of hydrogen-bond donors (Lipinski definition) is 1. The lowest BCUT2D eigenvalue weighted by atomic mass is 10.2. The van der Waals surface area contributed by atoms with Gasteiger partial charge >= 0.3 is 0 Å². The van der Waals surface area contributed by atoms with Crippen molar-refractivity contribution in [3.05, 3.63) is 35.9 Å². The van der Waals surface area contributed by atoms with E-state index in [2.05, 4.69) is 29.4 Å². The van der Waals surface area contributed by atoms with Crippen molar-refractivity contribution >= 4 is 16.9 Å². The Morgan fingerprint density at radius 2 is 2.21 bits per heavy atom. The topological polar surface area (TPSA) is 24.4 Å². The maximum atomic E-state index is 4.51. The van der Waals surface area contributed by atoms with Gasteiger partial charge in [-0.1, -0.05) is 42.1 Å². The summed E-state index contributed by atoms with van der Waals surface area (Å²) in [7, 11) is 0. The molecule has 0 radical (unpaired) electrons. The Hall–Kier alpha value is -0.960. The summed E-state index contributed by atoms with van der Waals surface area (Å²) >= 11 is 1.81. The SMILES string of the molecule is CC1CSC(=NCc2ccccc2)N1. The Balaban J connectivity index is 1.94. The minimum Gasteiger partial charge on any atom is -0.362 e. The van der Waals surface area contributed by atoms with Gasteiger partial charge in [0.2, 0.25) is 0 Å². The van der Waals surface area contributed by atoms with Crippen LogP contribution in [-0.2, 0) is 6.54 Å². The minimum absolute atomic E-state index is 0.564. The number of nitrogens with zero attached hydrogens (tertiary/aromatic N) is 1. The molecule has 1 aromatic rings. The molecule has 1 heterocycles. The second-order valence-electron chi connectivity index (χ2n) is 3.46. The van der Waals surface area contributed by atoms with Crippen LogP contribution >= 0.6 is 11.8 Å². The summed E-state index contributed by atoms with van der Waals surface area (Å²) < 4.78 is 0. The minimum atomic E-state index is 0.564. The van der Waals surface area contributed by atoms with E-state index >= 15 is 0 Å². The van der Waals surface area contributed by atoms with Gasteiger partial charge in [0.25, 0.3) is 0 Å². The molecule has 1 aromatic carbocycles. The van der Waals surface area contributed by atoms with Crippen molar-refractivity contribution in [3.8, 4) is 0 Å². The van der Waals surface area contributed by atoms with Gasteiger partial charge < -0.3 is 5.32 Å². The van der Waals surface area contributed by atoms with Crippen LogP contribution in [0.5, 0.6) is 0 Å². The standard InChI is InChI=1S/C11H14N2S/c1-9-8-14-11(13-9)12-7-10-5-3-2-4-6-10/h2-6,9H,7-8H2,1H3,(H,12,13). The number of amidine groups is 1. The highest BCUT2D eigenvalue weighted by atomic mass is 32.2. The number of aliphatic imine (C=N–C) groups is 1. The summed E-state index contributed by atoms with van der Waals surface area (Å²) in [6.07, 6.45) is 0. The summed E-state index contributed by atoms with van der Waals surface area (Å²) in [4.78, 5) is 4.51. The molecule has 0 saturated carbocycles. The second kappa shape index (κ2) is 4.51. The summed E-state index contributed by atoms with van der Waals surface area (Å²) in [5.74, 6) is 1.13. The number of benzene rings is 1. The summed E-state index contributed by atoms with van der Waals surface area (Å²) in [6, 6.07) is 10.9. The van der Waals surface area contributed by atoms with E-state index in [9.17, 15) is 0 Å². The van der Waals surface area contributed by atoms with E-state index in [0.717, 1.165) is 17.5 Å². The zero-order chi connectivity index (χ0) is 9.80. The van der Waals surface area contributed by atoms with Gasteiger partial charge in [-0.3, -0.25) is 4.99 Å². The van der Waals surface area contributed by atoms with E-state index in [1.54, 1.807) is 0 Å². The molecule has 1 atom stereocenters. The van der Waals surface area contributed by atoms with Crippen LogP contribution in [0.1, 0.15) is 12.5 Å². The fourth-order valence-corrected chi connectivity index (χ4v) is 2.27. The Kier molecular flexibility index (Phi) is 3.09. The Morgan fingerprint density at radius 3 is 2.86 bits per heavy atom. The van der Waals surface area contributed by atoms with Gasteiger partial charge in [0.1, 0.15) is 0 Å². The molecule has 0 aliphatic carbocycles. The van der Waals surface area contributed by atoms with Crippen LogP contribution in [0.2, 0.25) is 0 Å². The van der Waals surface area contributed by atoms with Crippen molar-refractivity contribution in [2.45, 2.75) is 19.5 Å². The first-order chi connectivity index (χ1) is 6.84. The maximum absolute atomic E-state index is 4.51. The molecular weight excluding hydrogens is 192 g/mol. The molecule has 74 valence electrons. The number of hydrogen-bond acceptors (Lipinski definition) is 2. The monoisotopic (exact) mass is 206 g/mol. The first-order valence-electron chi connectivity index (χ1n) is 4.82. The number of rotatable bonds is 2. The summed E-state index contributed by atoms with van der Waals surface area (Å²) in [5.41, 5.74) is 1.27. The van der Waals surface area contributed by atoms with Crippen LogP contribution < -0.4 is 5.32 Å². The zero-order valence-corrected chi connectivity index (χ0v) is 9.05. The molecule has 0 bridgehead atoms. The molecule has 1 saturated heterocycles. The molecule has 3 heteroatoms. The normalized spacial score (nSPS) is 23.8. The van der Waals surface area contributed by atoms with Gasteiger partial charge in [-0.15, -0.1) is 0 Å². The van der Waals surface area contributed by atoms with Crippen LogP contribution in [0.25, 0.3) is 0 Å². The van der Waals surface area contributed by atoms with Crippen molar-refractivity contribution in [3.63, 3.8) is 0 Å². The van der Waals surface area contributed by atoms with Crippen molar-refractivity contribution in [1.82, 2.24) is 5.32 Å². The first kappa shape index (κ1) is 9.59. The number of nitrogens with one attached hydrogen (secondary N) is 1. The van der Waals surface area contributed by atoms with Crippen LogP contribution in [-0.4, -0.2) is 17.0 Å². The molecular formula is C11H14N2S. The van der Waals surface area contributed by atoms with Gasteiger partial charge in [0, 0.05) is 11.8 Å². The van der Waals surface area contributed by atoms with Gasteiger partial charge in [0.15, 0.2) is 5.17 Å². The lowest BCUT2D eigenvalue weighted by molar-refractivity contribution is 0.764. The van der Waals surface area contributed by atoms with Crippen LogP contribution in [0.15, 0.2) is 35.3 Å². The highest BCUT2D eigenvalue weighted by Gasteiger charge is 2.14. The fraction of sp³-hybridized carbons (Fsp3) is 0.364. The lowest BCUT2D eigenvalue weighted by Crippen LogP contribution is -2.23. The number of thioether (sulfide) groups is 1. The van der Waals surface area contributed by atoms with Crippen molar-refractivity contribution in [2.24, 2.45) is 4.99 Å². The highest BCUT2D eigenvalue weighted by Crippen LogP contribution is 2.13.